The van der Waals surface area contributed by atoms with Gasteiger partial charge in [-0.1, -0.05) is 48.0 Å². The summed E-state index contributed by atoms with van der Waals surface area (Å²) in [4.78, 5) is 4.37. The zero-order chi connectivity index (χ0) is 13.9. The van der Waals surface area contributed by atoms with E-state index in [4.69, 9.17) is 17.4 Å². The molecule has 0 aliphatic rings. The average molecular weight is 284 g/mol. The van der Waals surface area contributed by atoms with Gasteiger partial charge < -0.3 is 0 Å². The van der Waals surface area contributed by atoms with Crippen LogP contribution in [0.4, 0.5) is 0 Å². The highest BCUT2D eigenvalue weighted by atomic mass is 35.5. The second-order valence-corrected chi connectivity index (χ2v) is 4.95. The Morgan fingerprint density at radius 2 is 1.75 bits per heavy atom. The molecule has 0 saturated heterocycles. The molecule has 100 valence electrons. The van der Waals surface area contributed by atoms with Crippen molar-refractivity contribution in [3.8, 4) is 0 Å². The van der Waals surface area contributed by atoms with Gasteiger partial charge in [-0.25, -0.2) is 5.43 Å². The number of nitrogens with two attached hydrogens (primary N) is 1. The van der Waals surface area contributed by atoms with Crippen LogP contribution in [0, 0.1) is 0 Å². The fourth-order valence-corrected chi connectivity index (χ4v) is 2.68. The summed E-state index contributed by atoms with van der Waals surface area (Å²) in [5, 5.41) is 1.76. The lowest BCUT2D eigenvalue weighted by Crippen LogP contribution is -2.29. The van der Waals surface area contributed by atoms with Crippen molar-refractivity contribution >= 4 is 22.5 Å². The van der Waals surface area contributed by atoms with Crippen LogP contribution in [0.25, 0.3) is 10.9 Å². The van der Waals surface area contributed by atoms with Crippen molar-refractivity contribution in [1.29, 1.82) is 0 Å². The number of hydrazine groups is 1. The number of nitrogens with one attached hydrogen (secondary N) is 1. The van der Waals surface area contributed by atoms with Gasteiger partial charge in [0.25, 0.3) is 0 Å². The Morgan fingerprint density at radius 1 is 0.950 bits per heavy atom. The van der Waals surface area contributed by atoms with Gasteiger partial charge in [0, 0.05) is 16.6 Å². The Bertz CT molecular complexity index is 737. The maximum Gasteiger partial charge on any atom is 0.0731 e. The van der Waals surface area contributed by atoms with Gasteiger partial charge in [0.15, 0.2) is 0 Å². The molecule has 1 unspecified atom stereocenters. The number of pyridine rings is 1. The van der Waals surface area contributed by atoms with Crippen molar-refractivity contribution in [2.75, 3.05) is 0 Å². The molecule has 0 bridgehead atoms. The van der Waals surface area contributed by atoms with Crippen LogP contribution in [0.1, 0.15) is 17.2 Å². The van der Waals surface area contributed by atoms with Crippen LogP contribution in [0.3, 0.4) is 0 Å². The van der Waals surface area contributed by atoms with Crippen molar-refractivity contribution in [1.82, 2.24) is 10.4 Å². The van der Waals surface area contributed by atoms with Gasteiger partial charge in [-0.2, -0.15) is 0 Å². The number of hydrogen-bond acceptors (Lipinski definition) is 3. The molecule has 0 aliphatic carbocycles. The summed E-state index contributed by atoms with van der Waals surface area (Å²) in [6.07, 6.45) is 1.78. The van der Waals surface area contributed by atoms with Crippen molar-refractivity contribution < 1.29 is 0 Å². The number of hydrogen-bond donors (Lipinski definition) is 2. The van der Waals surface area contributed by atoms with E-state index in [1.165, 1.54) is 0 Å². The normalized spacial score (nSPS) is 12.5. The zero-order valence-electron chi connectivity index (χ0n) is 10.8. The van der Waals surface area contributed by atoms with E-state index in [1.54, 1.807) is 6.20 Å². The lowest BCUT2D eigenvalue weighted by molar-refractivity contribution is 0.641. The summed E-state index contributed by atoms with van der Waals surface area (Å²) in [5.41, 5.74) is 5.81. The van der Waals surface area contributed by atoms with Gasteiger partial charge in [0.2, 0.25) is 0 Å². The SMILES string of the molecule is NNC(c1ccccc1Cl)c1cccc2ncccc12. The number of halogens is 1. The van der Waals surface area contributed by atoms with Crippen molar-refractivity contribution in [2.45, 2.75) is 6.04 Å². The highest BCUT2D eigenvalue weighted by Gasteiger charge is 2.17. The summed E-state index contributed by atoms with van der Waals surface area (Å²) >= 11 is 6.29. The van der Waals surface area contributed by atoms with Gasteiger partial charge >= 0.3 is 0 Å². The third kappa shape index (κ3) is 2.27. The van der Waals surface area contributed by atoms with E-state index < -0.39 is 0 Å². The van der Waals surface area contributed by atoms with Crippen molar-refractivity contribution in [2.24, 2.45) is 5.84 Å². The molecule has 1 atom stereocenters. The number of benzene rings is 2. The molecule has 3 rings (SSSR count). The van der Waals surface area contributed by atoms with Crippen LogP contribution < -0.4 is 11.3 Å². The Kier molecular flexibility index (Phi) is 3.65. The summed E-state index contributed by atoms with van der Waals surface area (Å²) < 4.78 is 0. The van der Waals surface area contributed by atoms with Gasteiger partial charge in [0.1, 0.15) is 0 Å². The molecular formula is C16H14ClN3. The predicted octanol–water partition coefficient (Wildman–Crippen LogP) is 3.44. The molecule has 1 heterocycles. The predicted molar refractivity (Wildman–Crippen MR) is 82.4 cm³/mol. The molecule has 20 heavy (non-hydrogen) atoms. The van der Waals surface area contributed by atoms with Crippen LogP contribution in [-0.4, -0.2) is 4.98 Å². The average Bonchev–Trinajstić information content (AvgIpc) is 2.50. The number of rotatable bonds is 3. The van der Waals surface area contributed by atoms with Gasteiger partial charge in [0.05, 0.1) is 11.6 Å². The Hall–Kier alpha value is -1.94. The minimum atomic E-state index is -0.170. The first-order valence-corrected chi connectivity index (χ1v) is 6.73. The number of nitrogens with zero attached hydrogens (tertiary/aromatic N) is 1. The summed E-state index contributed by atoms with van der Waals surface area (Å²) in [7, 11) is 0. The number of aromatic nitrogens is 1. The smallest absolute Gasteiger partial charge is 0.0731 e. The summed E-state index contributed by atoms with van der Waals surface area (Å²) in [6, 6.07) is 17.5. The lowest BCUT2D eigenvalue weighted by atomic mass is 9.95. The van der Waals surface area contributed by atoms with Gasteiger partial charge in [-0.3, -0.25) is 10.8 Å². The third-order valence-electron chi connectivity index (χ3n) is 3.37. The summed E-state index contributed by atoms with van der Waals surface area (Å²) in [6.45, 7) is 0. The maximum absolute atomic E-state index is 6.29. The molecule has 0 radical (unpaired) electrons. The molecule has 0 spiro atoms. The lowest BCUT2D eigenvalue weighted by Gasteiger charge is -2.19. The first-order valence-electron chi connectivity index (χ1n) is 6.35. The maximum atomic E-state index is 6.29. The molecule has 0 saturated carbocycles. The zero-order valence-corrected chi connectivity index (χ0v) is 11.5. The minimum Gasteiger partial charge on any atom is -0.271 e. The Morgan fingerprint density at radius 3 is 2.55 bits per heavy atom. The largest absolute Gasteiger partial charge is 0.271 e. The van der Waals surface area contributed by atoms with Crippen LogP contribution in [0.5, 0.6) is 0 Å². The van der Waals surface area contributed by atoms with Gasteiger partial charge in [-0.15, -0.1) is 0 Å². The fourth-order valence-electron chi connectivity index (χ4n) is 2.44. The molecule has 3 aromatic rings. The Balaban J connectivity index is 2.20. The monoisotopic (exact) mass is 283 g/mol. The first-order chi connectivity index (χ1) is 9.81. The summed E-state index contributed by atoms with van der Waals surface area (Å²) in [5.74, 6) is 5.77. The second kappa shape index (κ2) is 5.59. The second-order valence-electron chi connectivity index (χ2n) is 4.54. The minimum absolute atomic E-state index is 0.170. The van der Waals surface area contributed by atoms with E-state index in [0.717, 1.165) is 22.0 Å². The van der Waals surface area contributed by atoms with E-state index in [2.05, 4.69) is 10.4 Å². The fraction of sp³-hybridized carbons (Fsp3) is 0.0625. The molecule has 0 aliphatic heterocycles. The topological polar surface area (TPSA) is 50.9 Å². The number of fused-ring (bicyclic) bond motifs is 1. The quantitative estimate of drug-likeness (QED) is 0.572. The van der Waals surface area contributed by atoms with Crippen molar-refractivity contribution in [3.63, 3.8) is 0 Å². The van der Waals surface area contributed by atoms with E-state index in [1.807, 2.05) is 54.6 Å². The standard InChI is InChI=1S/C16H14ClN3/c17-14-8-2-1-5-13(14)16(20-18)12-6-3-9-15-11(12)7-4-10-19-15/h1-10,16,20H,18H2. The van der Waals surface area contributed by atoms with Crippen LogP contribution >= 0.6 is 11.6 Å². The molecule has 1 aromatic heterocycles. The molecule has 0 amide bonds. The molecule has 4 heteroatoms. The van der Waals surface area contributed by atoms with E-state index in [0.29, 0.717) is 5.02 Å². The molecule has 3 nitrogen and oxygen atoms in total. The van der Waals surface area contributed by atoms with Gasteiger partial charge in [-0.05, 0) is 29.3 Å². The third-order valence-corrected chi connectivity index (χ3v) is 3.72. The molecule has 0 fully saturated rings. The molecular weight excluding hydrogens is 270 g/mol. The van der Waals surface area contributed by atoms with Crippen LogP contribution in [0.15, 0.2) is 60.8 Å². The van der Waals surface area contributed by atoms with Crippen molar-refractivity contribution in [3.05, 3.63) is 76.9 Å². The highest BCUT2D eigenvalue weighted by molar-refractivity contribution is 6.31. The van der Waals surface area contributed by atoms with E-state index in [9.17, 15) is 0 Å². The highest BCUT2D eigenvalue weighted by Crippen LogP contribution is 2.31. The first kappa shape index (κ1) is 13.1. The Labute approximate surface area is 122 Å². The molecule has 2 aromatic carbocycles. The van der Waals surface area contributed by atoms with Crippen LogP contribution in [0.2, 0.25) is 5.02 Å². The van der Waals surface area contributed by atoms with Crippen LogP contribution in [-0.2, 0) is 0 Å². The van der Waals surface area contributed by atoms with E-state index >= 15 is 0 Å². The molecule has 3 N–H and O–H groups in total. The van der Waals surface area contributed by atoms with E-state index in [-0.39, 0.29) is 6.04 Å².